The van der Waals surface area contributed by atoms with E-state index in [1.807, 2.05) is 0 Å². The number of nitrogens with zero attached hydrogens (tertiary/aromatic N) is 1. The van der Waals surface area contributed by atoms with E-state index in [9.17, 15) is 9.59 Å². The van der Waals surface area contributed by atoms with Crippen LogP contribution < -0.4 is 25.3 Å². The van der Waals surface area contributed by atoms with Crippen molar-refractivity contribution in [1.29, 1.82) is 0 Å². The van der Waals surface area contributed by atoms with Crippen molar-refractivity contribution < 1.29 is 23.8 Å². The van der Waals surface area contributed by atoms with Gasteiger partial charge in [0, 0.05) is 25.2 Å². The first-order chi connectivity index (χ1) is 12.9. The van der Waals surface area contributed by atoms with Gasteiger partial charge in [0.05, 0.1) is 14.2 Å². The average Bonchev–Trinajstić information content (AvgIpc) is 2.65. The van der Waals surface area contributed by atoms with Gasteiger partial charge in [-0.25, -0.2) is 0 Å². The molecule has 2 rings (SSSR count). The molecule has 2 amide bonds. The molecule has 150 valence electrons. The van der Waals surface area contributed by atoms with Crippen LogP contribution >= 0.6 is 0 Å². The van der Waals surface area contributed by atoms with Gasteiger partial charge in [-0.05, 0) is 37.4 Å². The number of benzene rings is 1. The van der Waals surface area contributed by atoms with Crippen molar-refractivity contribution in [3.63, 3.8) is 0 Å². The molecule has 1 aromatic carbocycles. The first-order valence-electron chi connectivity index (χ1n) is 9.12. The zero-order valence-electron chi connectivity index (χ0n) is 16.2. The molecule has 1 atom stereocenters. The fraction of sp³-hybridized carbons (Fsp3) is 0.579. The van der Waals surface area contributed by atoms with Gasteiger partial charge in [-0.3, -0.25) is 9.59 Å². The molecule has 8 heteroatoms. The topological polar surface area (TPSA) is 103 Å². The number of piperidine rings is 1. The second kappa shape index (κ2) is 10.0. The second-order valence-electron chi connectivity index (χ2n) is 6.77. The summed E-state index contributed by atoms with van der Waals surface area (Å²) in [6.45, 7) is 5.48. The summed E-state index contributed by atoms with van der Waals surface area (Å²) in [6, 6.07) is 3.11. The number of amides is 2. The van der Waals surface area contributed by atoms with Crippen LogP contribution in [0, 0.1) is 5.92 Å². The number of nitrogens with two attached hydrogens (primary N) is 1. The predicted molar refractivity (Wildman–Crippen MR) is 101 cm³/mol. The molecule has 0 saturated carbocycles. The Labute approximate surface area is 159 Å². The molecule has 1 aliphatic heterocycles. The zero-order chi connectivity index (χ0) is 19.8. The van der Waals surface area contributed by atoms with Crippen LogP contribution in [0.5, 0.6) is 17.2 Å². The number of likely N-dealkylation sites (tertiary alicyclic amines) is 1. The lowest BCUT2D eigenvalue weighted by Gasteiger charge is -2.30. The minimum Gasteiger partial charge on any atom is -0.493 e. The predicted octanol–water partition coefficient (Wildman–Crippen LogP) is 1.03. The second-order valence-corrected chi connectivity index (χ2v) is 6.77. The first-order valence-corrected chi connectivity index (χ1v) is 9.12. The summed E-state index contributed by atoms with van der Waals surface area (Å²) in [5.74, 6) is 0.691. The molecule has 1 heterocycles. The molecular formula is C19H29N3O5. The fourth-order valence-corrected chi connectivity index (χ4v) is 3.22. The van der Waals surface area contributed by atoms with Gasteiger partial charge in [-0.15, -0.1) is 0 Å². The van der Waals surface area contributed by atoms with Gasteiger partial charge >= 0.3 is 0 Å². The molecule has 27 heavy (non-hydrogen) atoms. The van der Waals surface area contributed by atoms with E-state index in [1.54, 1.807) is 12.1 Å². The van der Waals surface area contributed by atoms with Crippen LogP contribution in [0.3, 0.4) is 0 Å². The maximum atomic E-state index is 12.5. The van der Waals surface area contributed by atoms with Crippen molar-refractivity contribution in [2.45, 2.75) is 19.8 Å². The van der Waals surface area contributed by atoms with E-state index in [4.69, 9.17) is 19.9 Å². The largest absolute Gasteiger partial charge is 0.493 e. The highest BCUT2D eigenvalue weighted by Gasteiger charge is 2.19. The highest BCUT2D eigenvalue weighted by atomic mass is 16.5. The Kier molecular flexibility index (Phi) is 7.72. The quantitative estimate of drug-likeness (QED) is 0.664. The summed E-state index contributed by atoms with van der Waals surface area (Å²) in [5, 5.41) is 2.93. The Hall–Kier alpha value is -2.48. The van der Waals surface area contributed by atoms with Gasteiger partial charge in [0.25, 0.3) is 11.8 Å². The molecule has 1 aromatic rings. The number of carbonyl (C=O) groups excluding carboxylic acids is 2. The molecule has 1 unspecified atom stereocenters. The third-order valence-corrected chi connectivity index (χ3v) is 4.54. The molecule has 1 saturated heterocycles. The Balaban J connectivity index is 2.01. The van der Waals surface area contributed by atoms with Crippen LogP contribution in [0.15, 0.2) is 12.1 Å². The average molecular weight is 379 g/mol. The molecule has 0 spiro atoms. The van der Waals surface area contributed by atoms with E-state index in [0.29, 0.717) is 29.5 Å². The summed E-state index contributed by atoms with van der Waals surface area (Å²) < 4.78 is 15.9. The summed E-state index contributed by atoms with van der Waals surface area (Å²) in [6.07, 6.45) is 2.48. The van der Waals surface area contributed by atoms with E-state index in [2.05, 4.69) is 17.1 Å². The number of carbonyl (C=O) groups is 2. The van der Waals surface area contributed by atoms with E-state index in [0.717, 1.165) is 19.6 Å². The number of primary amides is 1. The van der Waals surface area contributed by atoms with E-state index < -0.39 is 5.91 Å². The Morgan fingerprint density at radius 3 is 2.48 bits per heavy atom. The number of hydrogen-bond acceptors (Lipinski definition) is 6. The molecule has 0 aliphatic carbocycles. The third kappa shape index (κ3) is 6.02. The van der Waals surface area contributed by atoms with Gasteiger partial charge in [-0.1, -0.05) is 6.92 Å². The summed E-state index contributed by atoms with van der Waals surface area (Å²) in [5.41, 5.74) is 5.50. The summed E-state index contributed by atoms with van der Waals surface area (Å²) in [4.78, 5) is 25.8. The van der Waals surface area contributed by atoms with Crippen molar-refractivity contribution >= 4 is 11.8 Å². The van der Waals surface area contributed by atoms with E-state index in [1.165, 1.54) is 27.1 Å². The Morgan fingerprint density at radius 1 is 1.26 bits per heavy atom. The zero-order valence-corrected chi connectivity index (χ0v) is 16.2. The number of nitrogens with one attached hydrogen (secondary N) is 1. The molecule has 1 aliphatic rings. The van der Waals surface area contributed by atoms with E-state index in [-0.39, 0.29) is 18.3 Å². The Bertz CT molecular complexity index is 640. The molecular weight excluding hydrogens is 350 g/mol. The van der Waals surface area contributed by atoms with Gasteiger partial charge in [-0.2, -0.15) is 0 Å². The van der Waals surface area contributed by atoms with E-state index >= 15 is 0 Å². The normalized spacial score (nSPS) is 17.2. The smallest absolute Gasteiger partial charge is 0.255 e. The first kappa shape index (κ1) is 20.8. The SMILES string of the molecule is COc1cc(C(=O)NCCN2CCCC(C)C2)cc(OC)c1OCC(N)=O. The minimum absolute atomic E-state index is 0.224. The minimum atomic E-state index is -0.618. The number of methoxy groups -OCH3 is 2. The van der Waals surface area contributed by atoms with Crippen LogP contribution in [0.1, 0.15) is 30.1 Å². The van der Waals surface area contributed by atoms with Gasteiger partial charge < -0.3 is 30.2 Å². The summed E-state index contributed by atoms with van der Waals surface area (Å²) >= 11 is 0. The highest BCUT2D eigenvalue weighted by molar-refractivity contribution is 5.95. The molecule has 0 bridgehead atoms. The number of hydrogen-bond donors (Lipinski definition) is 2. The summed E-state index contributed by atoms with van der Waals surface area (Å²) in [7, 11) is 2.90. The third-order valence-electron chi connectivity index (χ3n) is 4.54. The molecule has 0 aromatic heterocycles. The van der Waals surface area contributed by atoms with Crippen LogP contribution in [-0.4, -0.2) is 63.7 Å². The lowest BCUT2D eigenvalue weighted by Crippen LogP contribution is -2.40. The van der Waals surface area contributed by atoms with Crippen LogP contribution in [0.4, 0.5) is 0 Å². The van der Waals surface area contributed by atoms with Crippen LogP contribution in [0.2, 0.25) is 0 Å². The van der Waals surface area contributed by atoms with Crippen molar-refractivity contribution in [3.05, 3.63) is 17.7 Å². The van der Waals surface area contributed by atoms with Crippen molar-refractivity contribution in [1.82, 2.24) is 10.2 Å². The molecule has 0 radical (unpaired) electrons. The van der Waals surface area contributed by atoms with Crippen LogP contribution in [-0.2, 0) is 4.79 Å². The lowest BCUT2D eigenvalue weighted by atomic mass is 10.0. The van der Waals surface area contributed by atoms with Crippen molar-refractivity contribution in [3.8, 4) is 17.2 Å². The Morgan fingerprint density at radius 2 is 1.93 bits per heavy atom. The van der Waals surface area contributed by atoms with Crippen molar-refractivity contribution in [2.75, 3.05) is 47.0 Å². The lowest BCUT2D eigenvalue weighted by molar-refractivity contribution is -0.120. The van der Waals surface area contributed by atoms with Gasteiger partial charge in [0.15, 0.2) is 18.1 Å². The van der Waals surface area contributed by atoms with Gasteiger partial charge in [0.1, 0.15) is 0 Å². The number of rotatable bonds is 9. The fourth-order valence-electron chi connectivity index (χ4n) is 3.22. The highest BCUT2D eigenvalue weighted by Crippen LogP contribution is 2.38. The van der Waals surface area contributed by atoms with Crippen LogP contribution in [0.25, 0.3) is 0 Å². The maximum Gasteiger partial charge on any atom is 0.255 e. The van der Waals surface area contributed by atoms with Crippen molar-refractivity contribution in [2.24, 2.45) is 11.7 Å². The standard InChI is InChI=1S/C19H29N3O5/c1-13-5-4-7-22(11-13)8-6-21-19(24)14-9-15(25-2)18(16(10-14)26-3)27-12-17(20)23/h9-10,13H,4-8,11-12H2,1-3H3,(H2,20,23)(H,21,24). The molecule has 1 fully saturated rings. The molecule has 3 N–H and O–H groups in total. The maximum absolute atomic E-state index is 12.5. The monoisotopic (exact) mass is 379 g/mol. The molecule has 8 nitrogen and oxygen atoms in total. The van der Waals surface area contributed by atoms with Gasteiger partial charge in [0.2, 0.25) is 5.75 Å². The number of ether oxygens (including phenoxy) is 3.